The van der Waals surface area contributed by atoms with Gasteiger partial charge >= 0.3 is 0 Å². The van der Waals surface area contributed by atoms with Crippen LogP contribution in [0.4, 0.5) is 0 Å². The smallest absolute Gasteiger partial charge is 0.246 e. The Balaban J connectivity index is 1.29. The number of thiophene rings is 1. The van der Waals surface area contributed by atoms with Gasteiger partial charge in [0, 0.05) is 38.8 Å². The highest BCUT2D eigenvalue weighted by atomic mass is 32.1. The van der Waals surface area contributed by atoms with Gasteiger partial charge in [0.25, 0.3) is 0 Å². The van der Waals surface area contributed by atoms with E-state index in [-0.39, 0.29) is 5.91 Å². The normalized spacial score (nSPS) is 17.4. The van der Waals surface area contributed by atoms with E-state index >= 15 is 0 Å². The molecule has 5 nitrogen and oxygen atoms in total. The topological polar surface area (TPSA) is 42.0 Å². The fraction of sp³-hybridized carbons (Fsp3) is 0.316. The van der Waals surface area contributed by atoms with Crippen LogP contribution in [0.15, 0.2) is 41.1 Å². The maximum Gasteiger partial charge on any atom is 0.246 e. The molecule has 3 heterocycles. The molecule has 1 aromatic heterocycles. The quantitative estimate of drug-likeness (QED) is 0.790. The summed E-state index contributed by atoms with van der Waals surface area (Å²) in [5, 5.41) is 4.05. The van der Waals surface area contributed by atoms with Crippen LogP contribution in [0.5, 0.6) is 11.5 Å². The van der Waals surface area contributed by atoms with Crippen molar-refractivity contribution in [1.82, 2.24) is 9.80 Å². The van der Waals surface area contributed by atoms with Crippen LogP contribution < -0.4 is 9.47 Å². The first kappa shape index (κ1) is 16.2. The lowest BCUT2D eigenvalue weighted by atomic mass is 10.1. The molecule has 0 aliphatic carbocycles. The number of piperazine rings is 1. The summed E-state index contributed by atoms with van der Waals surface area (Å²) in [5.74, 6) is 1.73. The highest BCUT2D eigenvalue weighted by Crippen LogP contribution is 2.32. The predicted molar refractivity (Wildman–Crippen MR) is 97.8 cm³/mol. The van der Waals surface area contributed by atoms with Gasteiger partial charge in [-0.05, 0) is 46.2 Å². The minimum Gasteiger partial charge on any atom is -0.454 e. The molecule has 0 atom stereocenters. The summed E-state index contributed by atoms with van der Waals surface area (Å²) in [6, 6.07) is 8.10. The van der Waals surface area contributed by atoms with Gasteiger partial charge in [0.15, 0.2) is 11.5 Å². The number of carbonyl (C=O) groups is 1. The molecule has 0 N–H and O–H groups in total. The Bertz CT molecular complexity index is 765. The molecule has 25 heavy (non-hydrogen) atoms. The molecule has 1 amide bonds. The lowest BCUT2D eigenvalue weighted by Gasteiger charge is -2.34. The van der Waals surface area contributed by atoms with E-state index in [1.54, 1.807) is 17.4 Å². The second kappa shape index (κ2) is 7.29. The Labute approximate surface area is 151 Å². The largest absolute Gasteiger partial charge is 0.454 e. The van der Waals surface area contributed by atoms with E-state index < -0.39 is 0 Å². The standard InChI is InChI=1S/C19H20N2O3S/c22-19(4-2-15-5-10-25-13-15)21-8-6-20(7-9-21)12-16-1-3-17-18(11-16)24-14-23-17/h1-5,10-11,13H,6-9,12,14H2/b4-2+. The van der Waals surface area contributed by atoms with E-state index in [1.165, 1.54) is 5.56 Å². The summed E-state index contributed by atoms with van der Waals surface area (Å²) in [6.07, 6.45) is 3.56. The van der Waals surface area contributed by atoms with Crippen LogP contribution in [-0.4, -0.2) is 48.7 Å². The van der Waals surface area contributed by atoms with Crippen molar-refractivity contribution in [3.8, 4) is 11.5 Å². The SMILES string of the molecule is O=C(/C=C/c1ccsc1)N1CCN(Cc2ccc3c(c2)OCO3)CC1. The Hall–Kier alpha value is -2.31. The maximum absolute atomic E-state index is 12.3. The van der Waals surface area contributed by atoms with Gasteiger partial charge in [-0.2, -0.15) is 11.3 Å². The second-order valence-electron chi connectivity index (χ2n) is 6.18. The van der Waals surface area contributed by atoms with Gasteiger partial charge in [-0.1, -0.05) is 6.07 Å². The minimum atomic E-state index is 0.0916. The van der Waals surface area contributed by atoms with E-state index in [2.05, 4.69) is 11.0 Å². The van der Waals surface area contributed by atoms with Crippen LogP contribution in [0.1, 0.15) is 11.1 Å². The van der Waals surface area contributed by atoms with Crippen molar-refractivity contribution < 1.29 is 14.3 Å². The summed E-state index contributed by atoms with van der Waals surface area (Å²) >= 11 is 1.64. The summed E-state index contributed by atoms with van der Waals surface area (Å²) < 4.78 is 10.8. The number of carbonyl (C=O) groups excluding carboxylic acids is 1. The highest BCUT2D eigenvalue weighted by molar-refractivity contribution is 7.08. The number of nitrogens with zero attached hydrogens (tertiary/aromatic N) is 2. The van der Waals surface area contributed by atoms with E-state index in [4.69, 9.17) is 9.47 Å². The molecule has 0 radical (unpaired) electrons. The van der Waals surface area contributed by atoms with Gasteiger partial charge in [-0.15, -0.1) is 0 Å². The van der Waals surface area contributed by atoms with Crippen molar-refractivity contribution in [1.29, 1.82) is 0 Å². The first-order valence-corrected chi connectivity index (χ1v) is 9.32. The molecule has 1 fully saturated rings. The van der Waals surface area contributed by atoms with Crippen molar-refractivity contribution in [3.05, 3.63) is 52.2 Å². The maximum atomic E-state index is 12.3. The summed E-state index contributed by atoms with van der Waals surface area (Å²) in [5.41, 5.74) is 2.29. The van der Waals surface area contributed by atoms with Crippen LogP contribution in [0.3, 0.4) is 0 Å². The third kappa shape index (κ3) is 3.86. The molecular formula is C19H20N2O3S. The van der Waals surface area contributed by atoms with Gasteiger partial charge in [-0.25, -0.2) is 0 Å². The molecule has 130 valence electrons. The Kier molecular flexibility index (Phi) is 4.72. The van der Waals surface area contributed by atoms with Crippen molar-refractivity contribution in [2.45, 2.75) is 6.54 Å². The van der Waals surface area contributed by atoms with Crippen molar-refractivity contribution in [2.24, 2.45) is 0 Å². The van der Waals surface area contributed by atoms with E-state index in [0.717, 1.165) is 49.8 Å². The Morgan fingerprint density at radius 3 is 2.76 bits per heavy atom. The van der Waals surface area contributed by atoms with E-state index in [0.29, 0.717) is 6.79 Å². The molecule has 0 unspecified atom stereocenters. The fourth-order valence-corrected chi connectivity index (χ4v) is 3.70. The fourth-order valence-electron chi connectivity index (χ4n) is 3.07. The number of hydrogen-bond acceptors (Lipinski definition) is 5. The number of ether oxygens (including phenoxy) is 2. The van der Waals surface area contributed by atoms with Crippen LogP contribution in [0, 0.1) is 0 Å². The van der Waals surface area contributed by atoms with Gasteiger partial charge in [0.1, 0.15) is 0 Å². The first-order chi connectivity index (χ1) is 12.3. The molecule has 0 saturated carbocycles. The van der Waals surface area contributed by atoms with Gasteiger partial charge in [0.05, 0.1) is 0 Å². The number of fused-ring (bicyclic) bond motifs is 1. The first-order valence-electron chi connectivity index (χ1n) is 8.38. The van der Waals surface area contributed by atoms with Crippen molar-refractivity contribution in [2.75, 3.05) is 33.0 Å². The zero-order valence-corrected chi connectivity index (χ0v) is 14.7. The molecule has 0 bridgehead atoms. The second-order valence-corrected chi connectivity index (χ2v) is 6.96. The summed E-state index contributed by atoms with van der Waals surface area (Å²) in [7, 11) is 0. The van der Waals surface area contributed by atoms with Crippen molar-refractivity contribution in [3.63, 3.8) is 0 Å². The third-order valence-corrected chi connectivity index (χ3v) is 5.19. The van der Waals surface area contributed by atoms with Gasteiger partial charge in [-0.3, -0.25) is 9.69 Å². The Morgan fingerprint density at radius 1 is 1.12 bits per heavy atom. The number of rotatable bonds is 4. The third-order valence-electron chi connectivity index (χ3n) is 4.49. The summed E-state index contributed by atoms with van der Waals surface area (Å²) in [6.45, 7) is 4.45. The average molecular weight is 356 g/mol. The number of amides is 1. The molecule has 1 saturated heterocycles. The molecule has 6 heteroatoms. The molecular weight excluding hydrogens is 336 g/mol. The monoisotopic (exact) mass is 356 g/mol. The van der Waals surface area contributed by atoms with Crippen LogP contribution in [0.2, 0.25) is 0 Å². The summed E-state index contributed by atoms with van der Waals surface area (Å²) in [4.78, 5) is 16.6. The lowest BCUT2D eigenvalue weighted by Crippen LogP contribution is -2.47. The minimum absolute atomic E-state index is 0.0916. The molecule has 0 spiro atoms. The van der Waals surface area contributed by atoms with E-state index in [1.807, 2.05) is 39.9 Å². The molecule has 1 aromatic carbocycles. The molecule has 4 rings (SSSR count). The van der Waals surface area contributed by atoms with Crippen LogP contribution in [0.25, 0.3) is 6.08 Å². The average Bonchev–Trinajstić information content (AvgIpc) is 3.31. The predicted octanol–water partition coefficient (Wildman–Crippen LogP) is 2.83. The molecule has 2 aliphatic heterocycles. The van der Waals surface area contributed by atoms with E-state index in [9.17, 15) is 4.79 Å². The number of benzene rings is 1. The van der Waals surface area contributed by atoms with Crippen LogP contribution >= 0.6 is 11.3 Å². The zero-order valence-electron chi connectivity index (χ0n) is 13.9. The van der Waals surface area contributed by atoms with Gasteiger partial charge in [0.2, 0.25) is 12.7 Å². The number of hydrogen-bond donors (Lipinski definition) is 0. The van der Waals surface area contributed by atoms with Crippen molar-refractivity contribution >= 4 is 23.3 Å². The van der Waals surface area contributed by atoms with Crippen LogP contribution in [-0.2, 0) is 11.3 Å². The zero-order chi connectivity index (χ0) is 17.1. The Morgan fingerprint density at radius 2 is 1.96 bits per heavy atom. The highest BCUT2D eigenvalue weighted by Gasteiger charge is 2.20. The molecule has 2 aliphatic rings. The lowest BCUT2D eigenvalue weighted by molar-refractivity contribution is -0.127. The van der Waals surface area contributed by atoms with Gasteiger partial charge < -0.3 is 14.4 Å². The molecule has 2 aromatic rings.